The molecule has 4 heteroatoms. The largest absolute Gasteiger partial charge is 0.458 e. The van der Waals surface area contributed by atoms with Crippen LogP contribution >= 0.6 is 0 Å². The highest BCUT2D eigenvalue weighted by molar-refractivity contribution is 5.66. The Morgan fingerprint density at radius 2 is 1.88 bits per heavy atom. The molecule has 2 aliphatic carbocycles. The number of ether oxygens (including phenoxy) is 1. The molecule has 0 spiro atoms. The van der Waals surface area contributed by atoms with Gasteiger partial charge in [0.05, 0.1) is 5.60 Å². The molecular weight excluding hydrogens is 398 g/mol. The van der Waals surface area contributed by atoms with Gasteiger partial charge in [-0.2, -0.15) is 0 Å². The highest BCUT2D eigenvalue weighted by Gasteiger charge is 2.53. The summed E-state index contributed by atoms with van der Waals surface area (Å²) in [7, 11) is 0. The average molecular weight is 439 g/mol. The fourth-order valence-electron chi connectivity index (χ4n) is 6.47. The van der Waals surface area contributed by atoms with E-state index in [0.29, 0.717) is 17.8 Å². The molecule has 4 rings (SSSR count). The summed E-state index contributed by atoms with van der Waals surface area (Å²) in [6, 6.07) is 10.9. The molecule has 175 valence electrons. The van der Waals surface area contributed by atoms with Gasteiger partial charge in [0.2, 0.25) is 0 Å². The Labute approximate surface area is 194 Å². The molecule has 32 heavy (non-hydrogen) atoms. The minimum Gasteiger partial charge on any atom is -0.458 e. The van der Waals surface area contributed by atoms with Crippen LogP contribution in [0.3, 0.4) is 0 Å². The maximum atomic E-state index is 11.7. The molecule has 1 saturated carbocycles. The Bertz CT molecular complexity index is 813. The van der Waals surface area contributed by atoms with E-state index in [9.17, 15) is 9.90 Å². The third-order valence-corrected chi connectivity index (χ3v) is 8.46. The highest BCUT2D eigenvalue weighted by Crippen LogP contribution is 2.51. The summed E-state index contributed by atoms with van der Waals surface area (Å²) < 4.78 is 5.50. The lowest BCUT2D eigenvalue weighted by molar-refractivity contribution is -0.148. The second kappa shape index (κ2) is 9.69. The van der Waals surface area contributed by atoms with E-state index in [2.05, 4.69) is 55.2 Å². The van der Waals surface area contributed by atoms with Gasteiger partial charge in [-0.25, -0.2) is 0 Å². The molecule has 6 atom stereocenters. The van der Waals surface area contributed by atoms with Gasteiger partial charge in [-0.05, 0) is 80.5 Å². The van der Waals surface area contributed by atoms with Gasteiger partial charge in [0.1, 0.15) is 6.10 Å². The maximum Gasteiger partial charge on any atom is 0.303 e. The molecule has 0 aromatic heterocycles. The second-order valence-electron chi connectivity index (χ2n) is 10.6. The van der Waals surface area contributed by atoms with Gasteiger partial charge in [0, 0.05) is 25.8 Å². The van der Waals surface area contributed by atoms with Crippen molar-refractivity contribution in [2.24, 2.45) is 23.7 Å². The van der Waals surface area contributed by atoms with Gasteiger partial charge < -0.3 is 14.7 Å². The van der Waals surface area contributed by atoms with Crippen LogP contribution in [0, 0.1) is 30.1 Å². The lowest BCUT2D eigenvalue weighted by Gasteiger charge is -2.53. The molecule has 1 N–H and O–H groups in total. The quantitative estimate of drug-likeness (QED) is 0.520. The van der Waals surface area contributed by atoms with Gasteiger partial charge in [-0.15, -0.1) is 0 Å². The lowest BCUT2D eigenvalue weighted by atomic mass is 9.57. The molecule has 0 bridgehead atoms. The zero-order valence-electron chi connectivity index (χ0n) is 20.2. The molecule has 0 amide bonds. The van der Waals surface area contributed by atoms with Gasteiger partial charge in [0.15, 0.2) is 0 Å². The van der Waals surface area contributed by atoms with Crippen molar-refractivity contribution >= 4 is 5.97 Å². The summed E-state index contributed by atoms with van der Waals surface area (Å²) in [4.78, 5) is 14.2. The molecule has 2 fully saturated rings. The summed E-state index contributed by atoms with van der Waals surface area (Å²) in [5, 5.41) is 11.7. The summed E-state index contributed by atoms with van der Waals surface area (Å²) >= 11 is 0. The Hall–Kier alpha value is -1.65. The van der Waals surface area contributed by atoms with Crippen LogP contribution in [0.2, 0.25) is 0 Å². The molecule has 1 heterocycles. The first-order valence-corrected chi connectivity index (χ1v) is 12.5. The van der Waals surface area contributed by atoms with Crippen molar-refractivity contribution in [3.8, 4) is 0 Å². The topological polar surface area (TPSA) is 49.8 Å². The number of benzene rings is 1. The summed E-state index contributed by atoms with van der Waals surface area (Å²) in [6.45, 7) is 11.4. The molecule has 1 aromatic rings. The normalized spacial score (nSPS) is 35.0. The van der Waals surface area contributed by atoms with Gasteiger partial charge >= 0.3 is 5.97 Å². The first kappa shape index (κ1) is 23.5. The maximum absolute atomic E-state index is 11.7. The lowest BCUT2D eigenvalue weighted by Crippen LogP contribution is -2.56. The number of piperidine rings is 1. The number of esters is 1. The smallest absolute Gasteiger partial charge is 0.303 e. The number of likely N-dealkylation sites (tertiary alicyclic amines) is 1. The van der Waals surface area contributed by atoms with Crippen LogP contribution in [-0.4, -0.2) is 47.3 Å². The fourth-order valence-corrected chi connectivity index (χ4v) is 6.47. The number of fused-ring (bicyclic) bond motifs is 1. The number of carbonyl (C=O) groups excluding carboxylic acids is 1. The van der Waals surface area contributed by atoms with Crippen LogP contribution in [0.25, 0.3) is 0 Å². The molecule has 1 aromatic carbocycles. The number of carbonyl (C=O) groups is 1. The third kappa shape index (κ3) is 4.82. The minimum absolute atomic E-state index is 0.0925. The number of hydrogen-bond donors (Lipinski definition) is 1. The second-order valence-corrected chi connectivity index (χ2v) is 10.6. The van der Waals surface area contributed by atoms with E-state index in [1.807, 2.05) is 13.3 Å². The predicted molar refractivity (Wildman–Crippen MR) is 128 cm³/mol. The monoisotopic (exact) mass is 438 g/mol. The Balaban J connectivity index is 1.41. The average Bonchev–Trinajstić information content (AvgIpc) is 2.77. The predicted octanol–water partition coefficient (Wildman–Crippen LogP) is 4.99. The summed E-state index contributed by atoms with van der Waals surface area (Å²) in [5.74, 6) is 1.59. The molecular formula is C28H40NO3. The van der Waals surface area contributed by atoms with E-state index in [0.717, 1.165) is 38.0 Å². The first-order chi connectivity index (χ1) is 15.3. The van der Waals surface area contributed by atoms with Crippen molar-refractivity contribution in [1.82, 2.24) is 4.90 Å². The van der Waals surface area contributed by atoms with E-state index >= 15 is 0 Å². The number of nitrogens with zero attached hydrogens (tertiary/aromatic N) is 1. The van der Waals surface area contributed by atoms with E-state index < -0.39 is 11.7 Å². The number of rotatable bonds is 5. The zero-order chi connectivity index (χ0) is 22.9. The Kier molecular flexibility index (Phi) is 7.11. The SMILES string of the molecule is CC(=O)O[C@@H]1[CH][C@@]2(O)[C@H](C)CC[C@@H](C(C)CN3CCC(c4ccccc4)CC3)[C@H]2C=C1C. The van der Waals surface area contributed by atoms with Crippen molar-refractivity contribution in [3.63, 3.8) is 0 Å². The van der Waals surface area contributed by atoms with Crippen LogP contribution in [0.4, 0.5) is 0 Å². The van der Waals surface area contributed by atoms with E-state index in [-0.39, 0.29) is 17.8 Å². The van der Waals surface area contributed by atoms with Crippen molar-refractivity contribution < 1.29 is 14.6 Å². The van der Waals surface area contributed by atoms with Crippen LogP contribution in [0.15, 0.2) is 42.0 Å². The van der Waals surface area contributed by atoms with Crippen molar-refractivity contribution in [3.05, 3.63) is 54.0 Å². The first-order valence-electron chi connectivity index (χ1n) is 12.5. The standard InChI is InChI=1S/C28H40NO3/c1-19-16-26-25(11-10-21(3)28(26,31)17-27(19)32-22(4)30)20(2)18-29-14-12-24(13-15-29)23-8-6-5-7-9-23/h5-9,16-17,20-21,24-27,31H,10-15,18H2,1-4H3/t20?,21-,25+,26-,27-,28-/m1/s1. The molecule has 1 radical (unpaired) electrons. The summed E-state index contributed by atoms with van der Waals surface area (Å²) in [6.07, 6.45) is 8.32. The molecule has 4 nitrogen and oxygen atoms in total. The Morgan fingerprint density at radius 1 is 1.19 bits per heavy atom. The Morgan fingerprint density at radius 3 is 2.53 bits per heavy atom. The van der Waals surface area contributed by atoms with Crippen molar-refractivity contribution in [1.29, 1.82) is 0 Å². The molecule has 1 saturated heterocycles. The van der Waals surface area contributed by atoms with E-state index in [1.54, 1.807) is 0 Å². The van der Waals surface area contributed by atoms with E-state index in [1.165, 1.54) is 25.3 Å². The zero-order valence-corrected chi connectivity index (χ0v) is 20.2. The van der Waals surface area contributed by atoms with Crippen molar-refractivity contribution in [2.45, 2.75) is 71.0 Å². The fraction of sp³-hybridized carbons (Fsp3) is 0.643. The van der Waals surface area contributed by atoms with Crippen LogP contribution in [0.1, 0.15) is 64.9 Å². The number of aliphatic hydroxyl groups is 1. The molecule has 3 aliphatic rings. The number of hydrogen-bond acceptors (Lipinski definition) is 4. The third-order valence-electron chi connectivity index (χ3n) is 8.46. The van der Waals surface area contributed by atoms with Crippen LogP contribution in [0.5, 0.6) is 0 Å². The minimum atomic E-state index is -0.906. The van der Waals surface area contributed by atoms with Crippen LogP contribution in [-0.2, 0) is 9.53 Å². The van der Waals surface area contributed by atoms with Crippen LogP contribution < -0.4 is 0 Å². The van der Waals surface area contributed by atoms with Gasteiger partial charge in [-0.3, -0.25) is 4.79 Å². The van der Waals surface area contributed by atoms with E-state index in [4.69, 9.17) is 4.74 Å². The van der Waals surface area contributed by atoms with Gasteiger partial charge in [0.25, 0.3) is 0 Å². The summed E-state index contributed by atoms with van der Waals surface area (Å²) in [5.41, 5.74) is 1.62. The molecule has 1 unspecified atom stereocenters. The van der Waals surface area contributed by atoms with Gasteiger partial charge in [-0.1, -0.05) is 50.3 Å². The van der Waals surface area contributed by atoms with Crippen molar-refractivity contribution in [2.75, 3.05) is 19.6 Å². The molecule has 1 aliphatic heterocycles. The highest BCUT2D eigenvalue weighted by atomic mass is 16.5.